The number of benzene rings is 3. The van der Waals surface area contributed by atoms with Gasteiger partial charge < -0.3 is 3.81 Å². The van der Waals surface area contributed by atoms with Crippen molar-refractivity contribution < 1.29 is 3.81 Å². The number of hydrogen-bond donors (Lipinski definition) is 0. The molecule has 5 rings (SSSR count). The number of para-hydroxylation sites is 2. The SMILES string of the molecule is Cc1cc(C)c2c(c1)C[N@+](C)(c1c(C)cccc1C)C1(S2)N([Si](C)(C)C)c2ccccc2C[N+]1([Si](C)(C)C)[Si](C)(C)C. The van der Waals surface area contributed by atoms with Crippen molar-refractivity contribution in [3.05, 3.63) is 88.0 Å². The van der Waals surface area contributed by atoms with Crippen LogP contribution in [-0.4, -0.2) is 40.7 Å². The Morgan fingerprint density at radius 1 is 0.690 bits per heavy atom. The molecule has 2 atom stereocenters. The van der Waals surface area contributed by atoms with Crippen molar-refractivity contribution in [2.24, 2.45) is 0 Å². The van der Waals surface area contributed by atoms with Crippen LogP contribution >= 0.6 is 11.8 Å². The molecule has 42 heavy (non-hydrogen) atoms. The van der Waals surface area contributed by atoms with Gasteiger partial charge in [-0.05, 0) is 84.7 Å². The summed E-state index contributed by atoms with van der Waals surface area (Å²) in [7, 11) is -3.27. The molecule has 2 heterocycles. The van der Waals surface area contributed by atoms with Crippen LogP contribution in [0.4, 0.5) is 11.4 Å². The standard InChI is InChI=1S/C35H55N3SSi3/c1-26-22-29(4)34-31(23-26)24-37(5,33-27(2)18-17-19-28(33)3)35(39-34)36(40(6,7)8)32-21-16-15-20-30(32)25-38(35,41(9,10)11)42(12,13)14/h15-23H,24-25H2,1-14H3/q+2/t35?,37-/m1/s1. The molecule has 2 aliphatic rings. The van der Waals surface area contributed by atoms with E-state index in [0.29, 0.717) is 0 Å². The van der Waals surface area contributed by atoms with Gasteiger partial charge in [-0.3, -0.25) is 4.57 Å². The number of nitrogens with zero attached hydrogens (tertiary/aromatic N) is 3. The van der Waals surface area contributed by atoms with Crippen LogP contribution in [0.5, 0.6) is 0 Å². The van der Waals surface area contributed by atoms with Crippen LogP contribution in [-0.2, 0) is 13.1 Å². The second-order valence-corrected chi connectivity index (χ2v) is 32.9. The zero-order valence-corrected chi connectivity index (χ0v) is 32.7. The highest BCUT2D eigenvalue weighted by molar-refractivity contribution is 8.01. The molecule has 1 spiro atoms. The third kappa shape index (κ3) is 4.25. The molecule has 3 nitrogen and oxygen atoms in total. The molecule has 0 radical (unpaired) electrons. The summed E-state index contributed by atoms with van der Waals surface area (Å²) in [4.78, 5) is 1.53. The summed E-state index contributed by atoms with van der Waals surface area (Å²) in [6.07, 6.45) is 0. The summed E-state index contributed by atoms with van der Waals surface area (Å²) in [6, 6.07) is 21.4. The summed E-state index contributed by atoms with van der Waals surface area (Å²) in [5.41, 5.74) is 11.7. The monoisotopic (exact) mass is 633 g/mol. The molecule has 0 N–H and O–H groups in total. The van der Waals surface area contributed by atoms with Crippen LogP contribution in [0, 0.1) is 27.7 Å². The summed E-state index contributed by atoms with van der Waals surface area (Å²) >= 11 is 2.27. The number of fused-ring (bicyclic) bond motifs is 2. The topological polar surface area (TPSA) is 3.24 Å². The van der Waals surface area contributed by atoms with E-state index in [9.17, 15) is 0 Å². The van der Waals surface area contributed by atoms with E-state index < -0.39 is 24.7 Å². The highest BCUT2D eigenvalue weighted by Crippen LogP contribution is 2.65. The molecule has 226 valence electrons. The van der Waals surface area contributed by atoms with E-state index >= 15 is 0 Å². The second-order valence-electron chi connectivity index (χ2n) is 16.3. The van der Waals surface area contributed by atoms with Crippen molar-refractivity contribution in [1.29, 1.82) is 0 Å². The largest absolute Gasteiger partial charge is 0.360 e. The van der Waals surface area contributed by atoms with Crippen molar-refractivity contribution >= 4 is 47.8 Å². The van der Waals surface area contributed by atoms with Gasteiger partial charge in [-0.2, -0.15) is 0 Å². The Kier molecular flexibility index (Phi) is 7.53. The molecule has 3 aromatic carbocycles. The molecule has 1 unspecified atom stereocenters. The van der Waals surface area contributed by atoms with Gasteiger partial charge in [-0.15, -0.1) is 0 Å². The molecule has 3 aromatic rings. The molecule has 0 fully saturated rings. The van der Waals surface area contributed by atoms with Gasteiger partial charge in [0.25, 0.3) is 16.5 Å². The van der Waals surface area contributed by atoms with Gasteiger partial charge in [-0.1, -0.05) is 67.7 Å². The van der Waals surface area contributed by atoms with Gasteiger partial charge in [0.15, 0.2) is 8.24 Å². The Balaban J connectivity index is 2.11. The lowest BCUT2D eigenvalue weighted by atomic mass is 10.0. The van der Waals surface area contributed by atoms with Crippen molar-refractivity contribution in [2.75, 3.05) is 11.6 Å². The fraction of sp³-hybridized carbons (Fsp3) is 0.486. The number of aryl methyl sites for hydroxylation is 4. The lowest BCUT2D eigenvalue weighted by Crippen LogP contribution is -2.96. The Hall–Kier alpha value is -1.62. The van der Waals surface area contributed by atoms with Crippen molar-refractivity contribution in [3.63, 3.8) is 0 Å². The summed E-state index contributed by atoms with van der Waals surface area (Å²) in [5.74, 6) is 0. The Labute approximate surface area is 264 Å². The number of hydrogen-bond acceptors (Lipinski definition) is 2. The van der Waals surface area contributed by atoms with E-state index in [2.05, 4.69) is 165 Å². The van der Waals surface area contributed by atoms with Gasteiger partial charge in [0.2, 0.25) is 0 Å². The normalized spacial score (nSPS) is 24.0. The molecular formula is C35H55N3SSi3+2. The highest BCUT2D eigenvalue weighted by atomic mass is 32.2. The predicted molar refractivity (Wildman–Crippen MR) is 195 cm³/mol. The molecular weight excluding hydrogens is 579 g/mol. The van der Waals surface area contributed by atoms with Crippen LogP contribution in [0.15, 0.2) is 59.5 Å². The number of rotatable bonds is 4. The molecule has 2 aliphatic heterocycles. The molecule has 7 heteroatoms. The van der Waals surface area contributed by atoms with Crippen LogP contribution in [0.3, 0.4) is 0 Å². The first-order valence-electron chi connectivity index (χ1n) is 15.7. The van der Waals surface area contributed by atoms with Gasteiger partial charge in [0.05, 0.1) is 13.6 Å². The van der Waals surface area contributed by atoms with Crippen LogP contribution in [0.2, 0.25) is 58.9 Å². The Morgan fingerprint density at radius 3 is 1.81 bits per heavy atom. The van der Waals surface area contributed by atoms with Crippen LogP contribution < -0.4 is 9.05 Å². The van der Waals surface area contributed by atoms with Gasteiger partial charge in [0.1, 0.15) is 12.2 Å². The zero-order chi connectivity index (χ0) is 31.3. The third-order valence-electron chi connectivity index (χ3n) is 10.2. The minimum Gasteiger partial charge on any atom is -0.360 e. The quantitative estimate of drug-likeness (QED) is 0.208. The minimum absolute atomic E-state index is 0.238. The van der Waals surface area contributed by atoms with E-state index in [1.54, 1.807) is 5.56 Å². The smallest absolute Gasteiger partial charge is 0.330 e. The predicted octanol–water partition coefficient (Wildman–Crippen LogP) is 10.1. The summed E-state index contributed by atoms with van der Waals surface area (Å²) in [6.45, 7) is 35.5. The minimum atomic E-state index is -1.99. The second kappa shape index (κ2) is 9.94. The number of thioether (sulfide) groups is 1. The van der Waals surface area contributed by atoms with Gasteiger partial charge >= 0.3 is 5.12 Å². The van der Waals surface area contributed by atoms with E-state index in [4.69, 9.17) is 0 Å². The summed E-state index contributed by atoms with van der Waals surface area (Å²) in [5, 5.41) is -0.238. The first kappa shape index (κ1) is 31.8. The van der Waals surface area contributed by atoms with Gasteiger partial charge in [0, 0.05) is 44.6 Å². The van der Waals surface area contributed by atoms with Crippen LogP contribution in [0.1, 0.15) is 33.4 Å². The fourth-order valence-corrected chi connectivity index (χ4v) is 27.7. The fourth-order valence-electron chi connectivity index (χ4n) is 9.22. The van der Waals surface area contributed by atoms with Gasteiger partial charge in [-0.25, -0.2) is 4.48 Å². The highest BCUT2D eigenvalue weighted by Gasteiger charge is 2.79. The Morgan fingerprint density at radius 2 is 1.26 bits per heavy atom. The number of quaternary nitrogens is 2. The molecule has 0 bridgehead atoms. The van der Waals surface area contributed by atoms with E-state index in [1.807, 2.05) is 0 Å². The maximum atomic E-state index is 3.09. The lowest BCUT2D eigenvalue weighted by Gasteiger charge is -2.75. The Bertz CT molecular complexity index is 1510. The first-order chi connectivity index (χ1) is 19.2. The maximum Gasteiger partial charge on any atom is 0.330 e. The molecule has 0 saturated heterocycles. The average molecular weight is 634 g/mol. The van der Waals surface area contributed by atoms with Crippen molar-refractivity contribution in [1.82, 2.24) is 4.48 Å². The molecule has 0 amide bonds. The van der Waals surface area contributed by atoms with E-state index in [1.165, 1.54) is 47.9 Å². The summed E-state index contributed by atoms with van der Waals surface area (Å²) < 4.78 is 5.21. The number of anilines is 1. The van der Waals surface area contributed by atoms with E-state index in [0.717, 1.165) is 17.6 Å². The molecule has 0 saturated carbocycles. The van der Waals surface area contributed by atoms with Crippen molar-refractivity contribution in [2.45, 2.75) is 110 Å². The maximum absolute atomic E-state index is 3.09. The third-order valence-corrected chi connectivity index (χ3v) is 24.1. The molecule has 0 aliphatic carbocycles. The zero-order valence-electron chi connectivity index (χ0n) is 28.9. The molecule has 0 aromatic heterocycles. The average Bonchev–Trinajstić information content (AvgIpc) is 2.82. The first-order valence-corrected chi connectivity index (χ1v) is 26.9. The lowest BCUT2D eigenvalue weighted by molar-refractivity contribution is -0.803. The van der Waals surface area contributed by atoms with Crippen molar-refractivity contribution in [3.8, 4) is 0 Å². The van der Waals surface area contributed by atoms with Crippen LogP contribution in [0.25, 0.3) is 0 Å². The van der Waals surface area contributed by atoms with E-state index in [-0.39, 0.29) is 5.12 Å².